The Balaban J connectivity index is -0.000000167. The molecular weight excluding hydrogens is 200 g/mol. The maximum absolute atomic E-state index is 10.9. The van der Waals surface area contributed by atoms with E-state index in [1.807, 2.05) is 7.05 Å². The highest BCUT2D eigenvalue weighted by Crippen LogP contribution is 1.99. The third kappa shape index (κ3) is 11.9. The molecule has 0 heterocycles. The lowest BCUT2D eigenvalue weighted by atomic mass is 10.1. The van der Waals surface area contributed by atoms with Crippen LogP contribution in [-0.2, 0) is 4.79 Å². The standard InChI is InChI=1S/C8H18N2O.2CH4.ClH/c1-7(11)8(10-2)5-3-4-6-9;;;/h8,10H,3-6,9H2,1-2H3;2*1H4;1H/t8-;;;/m0.../s1. The summed E-state index contributed by atoms with van der Waals surface area (Å²) >= 11 is 0. The molecule has 0 unspecified atom stereocenters. The molecule has 0 bridgehead atoms. The second-order valence-corrected chi connectivity index (χ2v) is 2.80. The van der Waals surface area contributed by atoms with Crippen molar-refractivity contribution in [2.75, 3.05) is 13.6 Å². The number of carbonyl (C=O) groups excluding carboxylic acids is 1. The summed E-state index contributed by atoms with van der Waals surface area (Å²) in [6, 6.07) is 0.0570. The third-order valence-electron chi connectivity index (χ3n) is 1.83. The molecule has 0 spiro atoms. The molecule has 0 saturated heterocycles. The average molecular weight is 227 g/mol. The molecule has 4 N–H and O–H groups in total. The zero-order valence-electron chi connectivity index (χ0n) is 7.90. The molecular formula is C10H27ClN2O. The van der Waals surface area contributed by atoms with Gasteiger partial charge in [0.05, 0.1) is 12.6 Å². The molecule has 0 saturated carbocycles. The molecule has 0 fully saturated rings. The number of Topliss-reactive ketones (excluding diaryl/α,β-unsaturated/α-hetero) is 1. The summed E-state index contributed by atoms with van der Waals surface area (Å²) in [5, 5.41) is 2.99. The van der Waals surface area contributed by atoms with Crippen molar-refractivity contribution >= 4 is 5.78 Å². The van der Waals surface area contributed by atoms with Gasteiger partial charge in [0.15, 0.2) is 0 Å². The van der Waals surface area contributed by atoms with Crippen LogP contribution in [0.4, 0.5) is 0 Å². The van der Waals surface area contributed by atoms with E-state index in [4.69, 9.17) is 0 Å². The van der Waals surface area contributed by atoms with Crippen molar-refractivity contribution in [1.82, 2.24) is 5.32 Å². The SMILES string of the molecule is C.C.CN[C@@H](CCCC[NH3+])C(C)=O.[Cl-]. The monoisotopic (exact) mass is 226 g/mol. The fraction of sp³-hybridized carbons (Fsp3) is 0.900. The number of quaternary nitrogens is 1. The topological polar surface area (TPSA) is 56.7 Å². The average Bonchev–Trinajstić information content (AvgIpc) is 1.97. The van der Waals surface area contributed by atoms with Gasteiger partial charge in [-0.2, -0.15) is 0 Å². The number of rotatable bonds is 6. The van der Waals surface area contributed by atoms with Gasteiger partial charge < -0.3 is 23.5 Å². The summed E-state index contributed by atoms with van der Waals surface area (Å²) in [7, 11) is 1.83. The van der Waals surface area contributed by atoms with Crippen molar-refractivity contribution in [1.29, 1.82) is 0 Å². The van der Waals surface area contributed by atoms with E-state index >= 15 is 0 Å². The zero-order valence-corrected chi connectivity index (χ0v) is 8.66. The van der Waals surface area contributed by atoms with E-state index in [2.05, 4.69) is 11.1 Å². The van der Waals surface area contributed by atoms with Gasteiger partial charge in [-0.1, -0.05) is 14.9 Å². The van der Waals surface area contributed by atoms with Crippen LogP contribution in [0.2, 0.25) is 0 Å². The van der Waals surface area contributed by atoms with Crippen LogP contribution in [0.1, 0.15) is 41.0 Å². The van der Waals surface area contributed by atoms with Gasteiger partial charge in [0.1, 0.15) is 5.78 Å². The minimum absolute atomic E-state index is 0. The third-order valence-corrected chi connectivity index (χ3v) is 1.83. The maximum atomic E-state index is 10.9. The number of nitrogens with one attached hydrogen (secondary N) is 1. The lowest BCUT2D eigenvalue weighted by Crippen LogP contribution is -3.00. The number of halogens is 1. The normalized spacial score (nSPS) is 10.2. The van der Waals surface area contributed by atoms with Crippen LogP contribution in [0.5, 0.6) is 0 Å². The van der Waals surface area contributed by atoms with Gasteiger partial charge in [-0.3, -0.25) is 4.79 Å². The van der Waals surface area contributed by atoms with Crippen LogP contribution in [-0.4, -0.2) is 25.4 Å². The van der Waals surface area contributed by atoms with E-state index in [1.165, 1.54) is 0 Å². The zero-order chi connectivity index (χ0) is 8.69. The Morgan fingerprint density at radius 2 is 1.86 bits per heavy atom. The Morgan fingerprint density at radius 1 is 1.36 bits per heavy atom. The fourth-order valence-corrected chi connectivity index (χ4v) is 1.08. The Kier molecular flexibility index (Phi) is 25.9. The lowest BCUT2D eigenvalue weighted by molar-refractivity contribution is -0.368. The minimum Gasteiger partial charge on any atom is -1.00 e. The first kappa shape index (κ1) is 23.6. The van der Waals surface area contributed by atoms with Crippen LogP contribution in [0.3, 0.4) is 0 Å². The summed E-state index contributed by atoms with van der Waals surface area (Å²) in [4.78, 5) is 10.9. The van der Waals surface area contributed by atoms with E-state index in [-0.39, 0.29) is 39.1 Å². The van der Waals surface area contributed by atoms with Gasteiger partial charge in [0, 0.05) is 0 Å². The summed E-state index contributed by atoms with van der Waals surface area (Å²) < 4.78 is 0. The van der Waals surface area contributed by atoms with Gasteiger partial charge >= 0.3 is 0 Å². The second-order valence-electron chi connectivity index (χ2n) is 2.80. The Morgan fingerprint density at radius 3 is 2.14 bits per heavy atom. The largest absolute Gasteiger partial charge is 1.00 e. The van der Waals surface area contributed by atoms with Crippen molar-refractivity contribution in [2.45, 2.75) is 47.1 Å². The van der Waals surface area contributed by atoms with Crippen LogP contribution in [0, 0.1) is 0 Å². The molecule has 90 valence electrons. The summed E-state index contributed by atoms with van der Waals surface area (Å²) in [5.41, 5.74) is 3.75. The van der Waals surface area contributed by atoms with E-state index in [0.29, 0.717) is 0 Å². The van der Waals surface area contributed by atoms with E-state index in [9.17, 15) is 4.79 Å². The molecule has 3 nitrogen and oxygen atoms in total. The number of likely N-dealkylation sites (N-methyl/N-ethyl adjacent to an activating group) is 1. The Labute approximate surface area is 95.2 Å². The molecule has 0 aliphatic carbocycles. The van der Waals surface area contributed by atoms with E-state index in [0.717, 1.165) is 25.8 Å². The molecule has 4 heteroatoms. The minimum atomic E-state index is 0. The molecule has 14 heavy (non-hydrogen) atoms. The molecule has 0 aliphatic heterocycles. The van der Waals surface area contributed by atoms with Crippen molar-refractivity contribution in [3.8, 4) is 0 Å². The van der Waals surface area contributed by atoms with Crippen molar-refractivity contribution in [2.24, 2.45) is 0 Å². The van der Waals surface area contributed by atoms with Crippen LogP contribution in [0.15, 0.2) is 0 Å². The van der Waals surface area contributed by atoms with E-state index in [1.54, 1.807) is 6.92 Å². The van der Waals surface area contributed by atoms with Gasteiger partial charge in [0.2, 0.25) is 0 Å². The number of unbranched alkanes of at least 4 members (excludes halogenated alkanes) is 1. The highest BCUT2D eigenvalue weighted by molar-refractivity contribution is 5.81. The van der Waals surface area contributed by atoms with Crippen molar-refractivity contribution in [3.63, 3.8) is 0 Å². The quantitative estimate of drug-likeness (QED) is 0.508. The van der Waals surface area contributed by atoms with Crippen molar-refractivity contribution in [3.05, 3.63) is 0 Å². The highest BCUT2D eigenvalue weighted by atomic mass is 35.5. The molecule has 0 rings (SSSR count). The summed E-state index contributed by atoms with van der Waals surface area (Å²) in [6.45, 7) is 2.60. The van der Waals surface area contributed by atoms with Crippen molar-refractivity contribution < 1.29 is 22.9 Å². The first-order valence-corrected chi connectivity index (χ1v) is 4.19. The van der Waals surface area contributed by atoms with Crippen LogP contribution >= 0.6 is 0 Å². The van der Waals surface area contributed by atoms with Gasteiger partial charge in [-0.15, -0.1) is 0 Å². The highest BCUT2D eigenvalue weighted by Gasteiger charge is 2.09. The Hall–Kier alpha value is -0.120. The second kappa shape index (κ2) is 15.4. The number of hydrogen-bond donors (Lipinski definition) is 2. The molecule has 0 aliphatic rings. The molecule has 0 aromatic carbocycles. The van der Waals surface area contributed by atoms with Gasteiger partial charge in [0.25, 0.3) is 0 Å². The van der Waals surface area contributed by atoms with Gasteiger partial charge in [-0.05, 0) is 33.2 Å². The molecule has 0 aromatic heterocycles. The smallest absolute Gasteiger partial charge is 0.146 e. The Bertz CT molecular complexity index is 121. The molecule has 0 aromatic rings. The molecule has 0 radical (unpaired) electrons. The van der Waals surface area contributed by atoms with Crippen LogP contribution < -0.4 is 23.5 Å². The summed E-state index contributed by atoms with van der Waals surface area (Å²) in [5.74, 6) is 0.233. The first-order valence-electron chi connectivity index (χ1n) is 4.19. The predicted octanol–water partition coefficient (Wildman–Crippen LogP) is -2.15. The van der Waals surface area contributed by atoms with E-state index < -0.39 is 0 Å². The predicted molar refractivity (Wildman–Crippen MR) is 58.6 cm³/mol. The number of carbonyl (C=O) groups is 1. The number of ketones is 1. The maximum Gasteiger partial charge on any atom is 0.146 e. The molecule has 0 amide bonds. The van der Waals surface area contributed by atoms with Gasteiger partial charge in [-0.25, -0.2) is 0 Å². The lowest BCUT2D eigenvalue weighted by Gasteiger charge is -2.10. The summed E-state index contributed by atoms with van der Waals surface area (Å²) in [6.07, 6.45) is 3.15. The first-order chi connectivity index (χ1) is 5.22. The fourth-order valence-electron chi connectivity index (χ4n) is 1.08. The molecule has 1 atom stereocenters. The van der Waals surface area contributed by atoms with Crippen LogP contribution in [0.25, 0.3) is 0 Å². The number of hydrogen-bond acceptors (Lipinski definition) is 2.